The van der Waals surface area contributed by atoms with Crippen molar-refractivity contribution in [2.24, 2.45) is 0 Å². The first-order chi connectivity index (χ1) is 11.2. The number of nitrogens with one attached hydrogen (secondary N) is 2. The molecule has 23 heavy (non-hydrogen) atoms. The molecule has 8 nitrogen and oxygen atoms in total. The molecule has 4 rings (SSSR count). The first-order valence-corrected chi connectivity index (χ1v) is 8.07. The molecule has 1 saturated heterocycles. The van der Waals surface area contributed by atoms with Crippen LogP contribution < -0.4 is 10.6 Å². The Labute approximate surface area is 134 Å². The van der Waals surface area contributed by atoms with Crippen LogP contribution in [0.5, 0.6) is 0 Å². The van der Waals surface area contributed by atoms with E-state index in [4.69, 9.17) is 0 Å². The summed E-state index contributed by atoms with van der Waals surface area (Å²) in [7, 11) is 0. The van der Waals surface area contributed by atoms with E-state index in [0.717, 1.165) is 15.3 Å². The van der Waals surface area contributed by atoms with E-state index in [1.165, 1.54) is 0 Å². The van der Waals surface area contributed by atoms with Gasteiger partial charge >= 0.3 is 5.69 Å². The van der Waals surface area contributed by atoms with Crippen molar-refractivity contribution in [2.75, 3.05) is 31.1 Å². The molecule has 0 radical (unpaired) electrons. The Morgan fingerprint density at radius 1 is 1.17 bits per heavy atom. The predicted molar refractivity (Wildman–Crippen MR) is 86.9 cm³/mol. The molecule has 1 amide bonds. The normalized spacial score (nSPS) is 15.3. The summed E-state index contributed by atoms with van der Waals surface area (Å²) in [5, 5.41) is 6.88. The van der Waals surface area contributed by atoms with Gasteiger partial charge in [0.05, 0.1) is 10.2 Å². The van der Waals surface area contributed by atoms with E-state index in [1.807, 2.05) is 18.2 Å². The number of hydrogen-bond acceptors (Lipinski definition) is 6. The third-order valence-electron chi connectivity index (χ3n) is 3.82. The lowest BCUT2D eigenvalue weighted by Gasteiger charge is -2.34. The van der Waals surface area contributed by atoms with Gasteiger partial charge in [-0.25, -0.2) is 14.9 Å². The van der Waals surface area contributed by atoms with Gasteiger partial charge in [-0.2, -0.15) is 0 Å². The molecule has 0 saturated carbocycles. The molecular weight excluding hydrogens is 316 g/mol. The number of para-hydroxylation sites is 1. The molecule has 1 aliphatic heterocycles. The maximum absolute atomic E-state index is 12.2. The molecule has 0 unspecified atom stereocenters. The molecule has 0 atom stereocenters. The van der Waals surface area contributed by atoms with E-state index in [9.17, 15) is 9.59 Å². The fourth-order valence-corrected chi connectivity index (χ4v) is 3.63. The van der Waals surface area contributed by atoms with Crippen molar-refractivity contribution >= 4 is 32.6 Å². The van der Waals surface area contributed by atoms with Crippen molar-refractivity contribution < 1.29 is 4.79 Å². The van der Waals surface area contributed by atoms with Crippen molar-refractivity contribution in [1.82, 2.24) is 25.1 Å². The third-order valence-corrected chi connectivity index (χ3v) is 4.92. The highest BCUT2D eigenvalue weighted by atomic mass is 32.1. The highest BCUT2D eigenvalue weighted by molar-refractivity contribution is 7.22. The molecule has 0 bridgehead atoms. The molecule has 0 aliphatic carbocycles. The molecule has 9 heteroatoms. The Balaban J connectivity index is 1.46. The average Bonchev–Trinajstić information content (AvgIpc) is 3.20. The summed E-state index contributed by atoms with van der Waals surface area (Å²) in [4.78, 5) is 34.2. The highest BCUT2D eigenvalue weighted by Gasteiger charge is 2.25. The molecule has 118 valence electrons. The lowest BCUT2D eigenvalue weighted by molar-refractivity contribution is 0.0735. The van der Waals surface area contributed by atoms with E-state index in [2.05, 4.69) is 31.1 Å². The van der Waals surface area contributed by atoms with Crippen molar-refractivity contribution in [3.8, 4) is 0 Å². The lowest BCUT2D eigenvalue weighted by atomic mass is 10.3. The van der Waals surface area contributed by atoms with Crippen LogP contribution in [0.1, 0.15) is 10.6 Å². The van der Waals surface area contributed by atoms with Crippen LogP contribution in [0.4, 0.5) is 5.13 Å². The van der Waals surface area contributed by atoms with Crippen molar-refractivity contribution in [1.29, 1.82) is 0 Å². The van der Waals surface area contributed by atoms with Crippen LogP contribution in [0.15, 0.2) is 29.1 Å². The molecule has 1 aliphatic rings. The Kier molecular flexibility index (Phi) is 3.34. The van der Waals surface area contributed by atoms with Crippen LogP contribution in [0, 0.1) is 0 Å². The zero-order valence-corrected chi connectivity index (χ0v) is 13.0. The Morgan fingerprint density at radius 3 is 2.65 bits per heavy atom. The largest absolute Gasteiger partial charge is 0.345 e. The van der Waals surface area contributed by atoms with Gasteiger partial charge in [0.15, 0.2) is 5.13 Å². The number of carbonyl (C=O) groups excluding carboxylic acids is 1. The molecule has 1 fully saturated rings. The number of hydrogen-bond donors (Lipinski definition) is 2. The number of piperazine rings is 1. The minimum Gasteiger partial charge on any atom is -0.345 e. The summed E-state index contributed by atoms with van der Waals surface area (Å²) < 4.78 is 1.16. The first kappa shape index (κ1) is 13.9. The van der Waals surface area contributed by atoms with Crippen LogP contribution in [0.2, 0.25) is 0 Å². The van der Waals surface area contributed by atoms with Gasteiger partial charge in [-0.05, 0) is 12.1 Å². The molecule has 1 aromatic carbocycles. The molecule has 2 N–H and O–H groups in total. The second-order valence-electron chi connectivity index (χ2n) is 5.27. The smallest absolute Gasteiger partial charge is 0.341 e. The lowest BCUT2D eigenvalue weighted by Crippen LogP contribution is -2.49. The topological polar surface area (TPSA) is 98.0 Å². The number of aromatic nitrogens is 4. The second-order valence-corrected chi connectivity index (χ2v) is 6.28. The number of nitrogens with zero attached hydrogens (tertiary/aromatic N) is 4. The van der Waals surface area contributed by atoms with Crippen molar-refractivity contribution in [3.63, 3.8) is 0 Å². The van der Waals surface area contributed by atoms with Crippen LogP contribution in [0.3, 0.4) is 0 Å². The van der Waals surface area contributed by atoms with Crippen LogP contribution in [-0.2, 0) is 0 Å². The maximum atomic E-state index is 12.2. The molecule has 2 aromatic heterocycles. The fourth-order valence-electron chi connectivity index (χ4n) is 2.62. The molecule has 3 aromatic rings. The van der Waals surface area contributed by atoms with Crippen LogP contribution in [-0.4, -0.2) is 57.2 Å². The monoisotopic (exact) mass is 330 g/mol. The van der Waals surface area contributed by atoms with Crippen LogP contribution >= 0.6 is 11.3 Å². The summed E-state index contributed by atoms with van der Waals surface area (Å²) in [5.41, 5.74) is 0.529. The van der Waals surface area contributed by atoms with Gasteiger partial charge in [0.2, 0.25) is 5.82 Å². The Morgan fingerprint density at radius 2 is 1.96 bits per heavy atom. The number of benzene rings is 1. The van der Waals surface area contributed by atoms with Crippen molar-refractivity contribution in [3.05, 3.63) is 40.6 Å². The summed E-state index contributed by atoms with van der Waals surface area (Å²) in [5.74, 6) is -0.198. The quantitative estimate of drug-likeness (QED) is 0.720. The van der Waals surface area contributed by atoms with Gasteiger partial charge in [0, 0.05) is 26.2 Å². The third kappa shape index (κ3) is 2.59. The second kappa shape index (κ2) is 5.51. The Bertz CT molecular complexity index is 872. The van der Waals surface area contributed by atoms with Gasteiger partial charge < -0.3 is 9.80 Å². The van der Waals surface area contributed by atoms with Gasteiger partial charge in [-0.1, -0.05) is 23.5 Å². The number of carbonyl (C=O) groups is 1. The van der Waals surface area contributed by atoms with E-state index in [-0.39, 0.29) is 11.7 Å². The average molecular weight is 330 g/mol. The summed E-state index contributed by atoms with van der Waals surface area (Å²) in [6.07, 6.45) is 0. The molecule has 3 heterocycles. The number of fused-ring (bicyclic) bond motifs is 1. The number of anilines is 1. The molecular formula is C14H14N6O2S. The van der Waals surface area contributed by atoms with E-state index in [1.54, 1.807) is 16.2 Å². The zero-order valence-electron chi connectivity index (χ0n) is 12.2. The minimum absolute atomic E-state index is 0.0587. The minimum atomic E-state index is -0.471. The van der Waals surface area contributed by atoms with Crippen LogP contribution in [0.25, 0.3) is 10.2 Å². The zero-order chi connectivity index (χ0) is 15.8. The highest BCUT2D eigenvalue weighted by Crippen LogP contribution is 2.29. The molecule has 0 spiro atoms. The predicted octanol–water partition coefficient (Wildman–Crippen LogP) is 0.670. The van der Waals surface area contributed by atoms with Gasteiger partial charge in [-0.15, -0.1) is 5.10 Å². The fraction of sp³-hybridized carbons (Fsp3) is 0.286. The summed E-state index contributed by atoms with van der Waals surface area (Å²) >= 11 is 1.66. The number of thiazole rings is 1. The Hall–Kier alpha value is -2.68. The van der Waals surface area contributed by atoms with Gasteiger partial charge in [-0.3, -0.25) is 9.78 Å². The number of rotatable bonds is 2. The van der Waals surface area contributed by atoms with Gasteiger partial charge in [0.1, 0.15) is 0 Å². The SMILES string of the molecule is O=C(c1n[nH]c(=O)[nH]1)N1CCN(c2nc3ccccc3s2)CC1. The number of H-pyrrole nitrogens is 2. The maximum Gasteiger partial charge on any atom is 0.341 e. The number of aromatic amines is 2. The summed E-state index contributed by atoms with van der Waals surface area (Å²) in [6.45, 7) is 2.56. The van der Waals surface area contributed by atoms with E-state index in [0.29, 0.717) is 26.2 Å². The summed E-state index contributed by atoms with van der Waals surface area (Å²) in [6, 6.07) is 8.05. The van der Waals surface area contributed by atoms with E-state index >= 15 is 0 Å². The van der Waals surface area contributed by atoms with Crippen molar-refractivity contribution in [2.45, 2.75) is 0 Å². The standard InChI is InChI=1S/C14H14N6O2S/c21-12(11-16-13(22)18-17-11)19-5-7-20(8-6-19)14-15-9-3-1-2-4-10(9)23-14/h1-4H,5-8H2,(H2,16,17,18,22). The first-order valence-electron chi connectivity index (χ1n) is 7.25. The van der Waals surface area contributed by atoms with Gasteiger partial charge in [0.25, 0.3) is 5.91 Å². The van der Waals surface area contributed by atoms with E-state index < -0.39 is 5.69 Å². The number of amides is 1.